The smallest absolute Gasteiger partial charge is 0.254 e. The van der Waals surface area contributed by atoms with Crippen LogP contribution in [-0.4, -0.2) is 17.4 Å². The second-order valence-electron chi connectivity index (χ2n) is 6.05. The molecule has 0 unspecified atom stereocenters. The van der Waals surface area contributed by atoms with Gasteiger partial charge in [0.25, 0.3) is 5.91 Å². The van der Waals surface area contributed by atoms with Crippen LogP contribution in [0.1, 0.15) is 38.0 Å². The summed E-state index contributed by atoms with van der Waals surface area (Å²) < 4.78 is 0. The molecule has 3 nitrogen and oxygen atoms in total. The molecule has 0 bridgehead atoms. The first-order valence-corrected chi connectivity index (χ1v) is 9.08. The van der Waals surface area contributed by atoms with E-state index in [4.69, 9.17) is 5.26 Å². The number of nitrogens with zero attached hydrogens (tertiary/aromatic N) is 2. The number of rotatable bonds is 2. The topological polar surface area (TPSA) is 44.1 Å². The van der Waals surface area contributed by atoms with Crippen molar-refractivity contribution in [3.8, 4) is 6.07 Å². The van der Waals surface area contributed by atoms with Crippen LogP contribution in [0.4, 0.5) is 0 Å². The molecule has 25 heavy (non-hydrogen) atoms. The first-order chi connectivity index (χ1) is 12.3. The summed E-state index contributed by atoms with van der Waals surface area (Å²) in [6, 6.07) is 21.2. The Morgan fingerprint density at radius 3 is 2.56 bits per heavy atom. The van der Waals surface area contributed by atoms with E-state index in [1.54, 1.807) is 35.6 Å². The number of carbonyl (C=O) groups excluding carboxylic acids is 1. The van der Waals surface area contributed by atoms with Crippen molar-refractivity contribution in [1.29, 1.82) is 5.26 Å². The average Bonchev–Trinajstić information content (AvgIpc) is 3.16. The van der Waals surface area contributed by atoms with Gasteiger partial charge < -0.3 is 4.90 Å². The van der Waals surface area contributed by atoms with Crippen LogP contribution < -0.4 is 0 Å². The van der Waals surface area contributed by atoms with Crippen molar-refractivity contribution in [2.24, 2.45) is 0 Å². The molecule has 4 rings (SSSR count). The molecule has 3 aromatic rings. The fraction of sp³-hybridized carbons (Fsp3) is 0.143. The highest BCUT2D eigenvalue weighted by molar-refractivity contribution is 7.10. The molecule has 1 atom stereocenters. The van der Waals surface area contributed by atoms with Gasteiger partial charge in [-0.15, -0.1) is 11.3 Å². The molecule has 0 saturated carbocycles. The van der Waals surface area contributed by atoms with E-state index in [-0.39, 0.29) is 11.9 Å². The lowest BCUT2D eigenvalue weighted by Gasteiger charge is -2.36. The molecule has 0 spiro atoms. The SMILES string of the molecule is N#Cc1ccc(C(=O)N2CCc3sccc3[C@H]2c2ccccc2)cc1. The molecule has 0 aliphatic carbocycles. The highest BCUT2D eigenvalue weighted by Crippen LogP contribution is 2.38. The van der Waals surface area contributed by atoms with Gasteiger partial charge in [0.2, 0.25) is 0 Å². The largest absolute Gasteiger partial charge is 0.327 e. The molecule has 1 aliphatic heterocycles. The van der Waals surface area contributed by atoms with Crippen molar-refractivity contribution in [3.63, 3.8) is 0 Å². The van der Waals surface area contributed by atoms with Crippen molar-refractivity contribution < 1.29 is 4.79 Å². The van der Waals surface area contributed by atoms with Gasteiger partial charge in [0.05, 0.1) is 17.7 Å². The third kappa shape index (κ3) is 2.84. The highest BCUT2D eigenvalue weighted by Gasteiger charge is 2.33. The van der Waals surface area contributed by atoms with Crippen molar-refractivity contribution >= 4 is 17.2 Å². The third-order valence-corrected chi connectivity index (χ3v) is 5.60. The number of amides is 1. The highest BCUT2D eigenvalue weighted by atomic mass is 32.1. The summed E-state index contributed by atoms with van der Waals surface area (Å²) in [5.41, 5.74) is 3.54. The number of hydrogen-bond acceptors (Lipinski definition) is 3. The Hall–Kier alpha value is -2.90. The number of benzene rings is 2. The van der Waals surface area contributed by atoms with Crippen LogP contribution in [-0.2, 0) is 6.42 Å². The Balaban J connectivity index is 1.74. The maximum atomic E-state index is 13.2. The molecule has 122 valence electrons. The summed E-state index contributed by atoms with van der Waals surface area (Å²) in [7, 11) is 0. The Kier molecular flexibility index (Phi) is 4.09. The predicted molar refractivity (Wildman–Crippen MR) is 98.5 cm³/mol. The molecule has 2 aromatic carbocycles. The zero-order chi connectivity index (χ0) is 17.2. The molecule has 1 aromatic heterocycles. The monoisotopic (exact) mass is 344 g/mol. The zero-order valence-electron chi connectivity index (χ0n) is 13.6. The first kappa shape index (κ1) is 15.6. The van der Waals surface area contributed by atoms with Crippen molar-refractivity contribution in [1.82, 2.24) is 4.90 Å². The maximum Gasteiger partial charge on any atom is 0.254 e. The van der Waals surface area contributed by atoms with E-state index in [1.165, 1.54) is 10.4 Å². The minimum absolute atomic E-state index is 0.00944. The summed E-state index contributed by atoms with van der Waals surface area (Å²) >= 11 is 1.76. The number of carbonyl (C=O) groups is 1. The van der Waals surface area contributed by atoms with E-state index in [0.717, 1.165) is 12.0 Å². The lowest BCUT2D eigenvalue weighted by molar-refractivity contribution is 0.0696. The average molecular weight is 344 g/mol. The van der Waals surface area contributed by atoms with Gasteiger partial charge in [-0.05, 0) is 53.3 Å². The Morgan fingerprint density at radius 2 is 1.84 bits per heavy atom. The van der Waals surface area contributed by atoms with Gasteiger partial charge in [-0.2, -0.15) is 5.26 Å². The Bertz CT molecular complexity index is 938. The van der Waals surface area contributed by atoms with Gasteiger partial charge in [-0.3, -0.25) is 4.79 Å². The minimum atomic E-state index is -0.0562. The van der Waals surface area contributed by atoms with Crippen LogP contribution in [0.5, 0.6) is 0 Å². The molecule has 2 heterocycles. The molecule has 0 N–H and O–H groups in total. The van der Waals surface area contributed by atoms with Gasteiger partial charge in [-0.25, -0.2) is 0 Å². The summed E-state index contributed by atoms with van der Waals surface area (Å²) in [4.78, 5) is 16.5. The van der Waals surface area contributed by atoms with E-state index in [1.807, 2.05) is 23.1 Å². The van der Waals surface area contributed by atoms with E-state index >= 15 is 0 Å². The summed E-state index contributed by atoms with van der Waals surface area (Å²) in [6.07, 6.45) is 0.887. The molecule has 0 saturated heterocycles. The van der Waals surface area contributed by atoms with E-state index in [2.05, 4.69) is 29.6 Å². The zero-order valence-corrected chi connectivity index (χ0v) is 14.4. The maximum absolute atomic E-state index is 13.2. The van der Waals surface area contributed by atoms with Gasteiger partial charge >= 0.3 is 0 Å². The fourth-order valence-electron chi connectivity index (χ4n) is 3.38. The Morgan fingerprint density at radius 1 is 1.08 bits per heavy atom. The second kappa shape index (κ2) is 6.54. The summed E-state index contributed by atoms with van der Waals surface area (Å²) in [6.45, 7) is 0.700. The molecular formula is C21H16N2OS. The quantitative estimate of drug-likeness (QED) is 0.691. The fourth-order valence-corrected chi connectivity index (χ4v) is 4.29. The summed E-state index contributed by atoms with van der Waals surface area (Å²) in [5.74, 6) is 0.00944. The molecule has 0 fully saturated rings. The van der Waals surface area contributed by atoms with E-state index < -0.39 is 0 Å². The number of hydrogen-bond donors (Lipinski definition) is 0. The molecule has 1 amide bonds. The van der Waals surface area contributed by atoms with Crippen molar-refractivity contribution in [2.75, 3.05) is 6.54 Å². The van der Waals surface area contributed by atoms with Crippen LogP contribution in [0.3, 0.4) is 0 Å². The normalized spacial score (nSPS) is 16.1. The van der Waals surface area contributed by atoms with Crippen LogP contribution in [0.15, 0.2) is 66.0 Å². The van der Waals surface area contributed by atoms with Gasteiger partial charge in [0.1, 0.15) is 0 Å². The number of thiophene rings is 1. The number of nitriles is 1. The van der Waals surface area contributed by atoms with Gasteiger partial charge in [-0.1, -0.05) is 30.3 Å². The van der Waals surface area contributed by atoms with E-state index in [0.29, 0.717) is 17.7 Å². The van der Waals surface area contributed by atoms with Crippen LogP contribution in [0, 0.1) is 11.3 Å². The van der Waals surface area contributed by atoms with Gasteiger partial charge in [0.15, 0.2) is 0 Å². The third-order valence-electron chi connectivity index (χ3n) is 4.60. The molecule has 1 aliphatic rings. The number of fused-ring (bicyclic) bond motifs is 1. The van der Waals surface area contributed by atoms with Crippen molar-refractivity contribution in [3.05, 3.63) is 93.2 Å². The lowest BCUT2D eigenvalue weighted by atomic mass is 9.92. The molecule has 4 heteroatoms. The summed E-state index contributed by atoms with van der Waals surface area (Å²) in [5, 5.41) is 11.1. The van der Waals surface area contributed by atoms with E-state index in [9.17, 15) is 4.79 Å². The molecule has 0 radical (unpaired) electrons. The first-order valence-electron chi connectivity index (χ1n) is 8.20. The van der Waals surface area contributed by atoms with Gasteiger partial charge in [0, 0.05) is 17.0 Å². The van der Waals surface area contributed by atoms with Crippen LogP contribution >= 0.6 is 11.3 Å². The molecular weight excluding hydrogens is 328 g/mol. The second-order valence-corrected chi connectivity index (χ2v) is 7.05. The minimum Gasteiger partial charge on any atom is -0.327 e. The standard InChI is InChI=1S/C21H16N2OS/c22-14-15-6-8-17(9-7-15)21(24)23-12-10-19-18(11-13-25-19)20(23)16-4-2-1-3-5-16/h1-9,11,13,20H,10,12H2/t20-/m1/s1. The lowest BCUT2D eigenvalue weighted by Crippen LogP contribution is -2.40. The predicted octanol–water partition coefficient (Wildman–Crippen LogP) is 4.41. The Labute approximate surface area is 150 Å². The van der Waals surface area contributed by atoms with Crippen LogP contribution in [0.25, 0.3) is 0 Å². The van der Waals surface area contributed by atoms with Crippen LogP contribution in [0.2, 0.25) is 0 Å². The van der Waals surface area contributed by atoms with Crippen molar-refractivity contribution in [2.45, 2.75) is 12.5 Å².